The van der Waals surface area contributed by atoms with Crippen molar-refractivity contribution in [1.82, 2.24) is 4.90 Å². The molecule has 1 aromatic rings. The van der Waals surface area contributed by atoms with Gasteiger partial charge < -0.3 is 9.58 Å². The minimum Gasteiger partial charge on any atom is -0.447 e. The van der Waals surface area contributed by atoms with Crippen LogP contribution in [-0.4, -0.2) is 36.1 Å². The van der Waals surface area contributed by atoms with E-state index in [-0.39, 0.29) is 25.1 Å². The third kappa shape index (κ3) is 4.93. The molecule has 0 N–H and O–H groups in total. The molecule has 0 spiro atoms. The largest absolute Gasteiger partial charge is 0.447 e. The van der Waals surface area contributed by atoms with Gasteiger partial charge in [0, 0.05) is 12.3 Å². The summed E-state index contributed by atoms with van der Waals surface area (Å²) in [5.41, 5.74) is 2.01. The summed E-state index contributed by atoms with van der Waals surface area (Å²) in [6.45, 7) is 13.4. The molecule has 0 aromatic heterocycles. The van der Waals surface area contributed by atoms with Gasteiger partial charge in [0.1, 0.15) is 6.61 Å². The maximum absolute atomic E-state index is 13.0. The number of cyclic esters (lactones) is 1. The molecule has 132 valence electrons. The predicted molar refractivity (Wildman–Crippen MR) is 95.8 cm³/mol. The molecule has 0 unspecified atom stereocenters. The van der Waals surface area contributed by atoms with E-state index in [9.17, 15) is 9.59 Å². The zero-order valence-electron chi connectivity index (χ0n) is 14.6. The van der Waals surface area contributed by atoms with Crippen molar-refractivity contribution >= 4 is 12.0 Å². The summed E-state index contributed by atoms with van der Waals surface area (Å²) in [5, 5.41) is 0. The third-order valence-corrected chi connectivity index (χ3v) is 4.49. The topological polar surface area (TPSA) is 51.0 Å². The number of hydrogen-bond acceptors (Lipinski definition) is 3. The van der Waals surface area contributed by atoms with Crippen LogP contribution in [0, 0.1) is 12.5 Å². The van der Waals surface area contributed by atoms with Crippen molar-refractivity contribution < 1.29 is 14.3 Å². The number of carbonyl (C=O) groups is 2. The molecule has 2 rings (SSSR count). The Morgan fingerprint density at radius 3 is 2.80 bits per heavy atom. The molecule has 1 aromatic carbocycles. The number of rotatable bonds is 8. The highest BCUT2D eigenvalue weighted by Gasteiger charge is 2.40. The van der Waals surface area contributed by atoms with Gasteiger partial charge in [-0.3, -0.25) is 4.79 Å². The van der Waals surface area contributed by atoms with Crippen molar-refractivity contribution in [3.8, 4) is 0 Å². The summed E-state index contributed by atoms with van der Waals surface area (Å²) in [7, 11) is 0. The molecule has 5 nitrogen and oxygen atoms in total. The van der Waals surface area contributed by atoms with Gasteiger partial charge in [0.15, 0.2) is 0 Å². The van der Waals surface area contributed by atoms with E-state index in [2.05, 4.69) is 11.4 Å². The summed E-state index contributed by atoms with van der Waals surface area (Å²) in [5.74, 6) is -0.646. The van der Waals surface area contributed by atoms with Gasteiger partial charge in [-0.1, -0.05) is 49.4 Å². The predicted octanol–water partition coefficient (Wildman–Crippen LogP) is 3.86. The fourth-order valence-corrected chi connectivity index (χ4v) is 2.99. The van der Waals surface area contributed by atoms with E-state index in [1.54, 1.807) is 0 Å². The van der Waals surface area contributed by atoms with E-state index in [1.807, 2.05) is 37.3 Å². The van der Waals surface area contributed by atoms with Crippen LogP contribution >= 0.6 is 0 Å². The van der Waals surface area contributed by atoms with E-state index in [0.717, 1.165) is 17.6 Å². The van der Waals surface area contributed by atoms with Crippen molar-refractivity contribution in [2.75, 3.05) is 13.2 Å². The first-order valence-corrected chi connectivity index (χ1v) is 8.60. The lowest BCUT2D eigenvalue weighted by molar-refractivity contribution is -0.133. The quantitative estimate of drug-likeness (QED) is 0.533. The van der Waals surface area contributed by atoms with Gasteiger partial charge in [-0.2, -0.15) is 0 Å². The van der Waals surface area contributed by atoms with Crippen molar-refractivity contribution in [3.05, 3.63) is 59.5 Å². The van der Waals surface area contributed by atoms with Gasteiger partial charge in [0.05, 0.1) is 6.04 Å². The summed E-state index contributed by atoms with van der Waals surface area (Å²) in [4.78, 5) is 29.8. The third-order valence-electron chi connectivity index (χ3n) is 4.49. The summed E-state index contributed by atoms with van der Waals surface area (Å²) in [6, 6.07) is 9.44. The molecule has 1 fully saturated rings. The molecular formula is C20H24N2O3. The van der Waals surface area contributed by atoms with Gasteiger partial charge in [-0.25, -0.2) is 16.3 Å². The van der Waals surface area contributed by atoms with Crippen LogP contribution < -0.4 is 0 Å². The Labute approximate surface area is 149 Å². The second-order valence-corrected chi connectivity index (χ2v) is 6.30. The molecule has 1 saturated heterocycles. The Balaban J connectivity index is 2.14. The number of benzene rings is 1. The Morgan fingerprint density at radius 1 is 1.44 bits per heavy atom. The van der Waals surface area contributed by atoms with E-state index >= 15 is 0 Å². The minimum absolute atomic E-state index is 0.212. The fourth-order valence-electron chi connectivity index (χ4n) is 2.99. The maximum atomic E-state index is 13.0. The highest BCUT2D eigenvalue weighted by atomic mass is 16.6. The molecule has 25 heavy (non-hydrogen) atoms. The Hall–Kier alpha value is -2.61. The Morgan fingerprint density at radius 2 is 2.16 bits per heavy atom. The molecule has 0 aliphatic carbocycles. The lowest BCUT2D eigenvalue weighted by Crippen LogP contribution is -2.43. The Bertz CT molecular complexity index is 663. The second kappa shape index (κ2) is 9.03. The lowest BCUT2D eigenvalue weighted by Gasteiger charge is -2.24. The van der Waals surface area contributed by atoms with E-state index in [0.29, 0.717) is 19.3 Å². The van der Waals surface area contributed by atoms with Gasteiger partial charge in [-0.15, -0.1) is 0 Å². The highest BCUT2D eigenvalue weighted by Crippen LogP contribution is 2.25. The molecule has 1 aliphatic rings. The first-order valence-electron chi connectivity index (χ1n) is 8.60. The molecule has 0 radical (unpaired) electrons. The summed E-state index contributed by atoms with van der Waals surface area (Å²) in [6.07, 6.45) is 1.71. The first kappa shape index (κ1) is 18.7. The van der Waals surface area contributed by atoms with Crippen LogP contribution in [0.25, 0.3) is 4.85 Å². The lowest BCUT2D eigenvalue weighted by atomic mass is 9.93. The minimum atomic E-state index is -0.583. The van der Waals surface area contributed by atoms with Crippen molar-refractivity contribution in [2.45, 2.75) is 38.6 Å². The van der Waals surface area contributed by atoms with Crippen molar-refractivity contribution in [1.29, 1.82) is 0 Å². The second-order valence-electron chi connectivity index (χ2n) is 6.30. The van der Waals surface area contributed by atoms with Crippen LogP contribution in [0.3, 0.4) is 0 Å². The SMILES string of the molecule is [C-]#[N+]CC[C@H](CC(=C)CC)C(=O)N1C(=O)OC[C@H]1Cc1ccccc1. The number of carbonyl (C=O) groups excluding carboxylic acids is 2. The van der Waals surface area contributed by atoms with Crippen LogP contribution in [0.2, 0.25) is 0 Å². The summed E-state index contributed by atoms with van der Waals surface area (Å²) >= 11 is 0. The molecule has 0 saturated carbocycles. The Kier molecular flexibility index (Phi) is 6.76. The first-order chi connectivity index (χ1) is 12.1. The number of hydrogen-bond donors (Lipinski definition) is 0. The molecular weight excluding hydrogens is 316 g/mol. The van der Waals surface area contributed by atoms with Crippen LogP contribution in [0.4, 0.5) is 4.79 Å². The van der Waals surface area contributed by atoms with Crippen LogP contribution in [0.1, 0.15) is 31.7 Å². The molecule has 2 amide bonds. The summed E-state index contributed by atoms with van der Waals surface area (Å²) < 4.78 is 5.14. The standard InChI is InChI=1S/C20H24N2O3/c1-4-15(2)12-17(10-11-21-3)19(23)22-18(14-25-20(22)24)13-16-8-6-5-7-9-16/h5-9,17-18H,2,4,10-14H2,1H3/t17-,18-/m1/s1. The van der Waals surface area contributed by atoms with Gasteiger partial charge >= 0.3 is 6.09 Å². The van der Waals surface area contributed by atoms with E-state index in [4.69, 9.17) is 11.3 Å². The van der Waals surface area contributed by atoms with E-state index in [1.165, 1.54) is 4.90 Å². The zero-order valence-corrected chi connectivity index (χ0v) is 14.6. The molecule has 0 bridgehead atoms. The number of imide groups is 1. The maximum Gasteiger partial charge on any atom is 0.416 e. The van der Waals surface area contributed by atoms with Gasteiger partial charge in [-0.05, 0) is 24.8 Å². The van der Waals surface area contributed by atoms with Crippen LogP contribution in [-0.2, 0) is 16.0 Å². The molecule has 2 atom stereocenters. The number of ether oxygens (including phenoxy) is 1. The van der Waals surface area contributed by atoms with Gasteiger partial charge in [0.25, 0.3) is 0 Å². The molecule has 1 aliphatic heterocycles. The van der Waals surface area contributed by atoms with Gasteiger partial charge in [0.2, 0.25) is 12.5 Å². The van der Waals surface area contributed by atoms with Crippen molar-refractivity contribution in [3.63, 3.8) is 0 Å². The number of allylic oxidation sites excluding steroid dienone is 1. The smallest absolute Gasteiger partial charge is 0.416 e. The average molecular weight is 340 g/mol. The average Bonchev–Trinajstić information content (AvgIpc) is 2.98. The zero-order chi connectivity index (χ0) is 18.2. The highest BCUT2D eigenvalue weighted by molar-refractivity contribution is 5.95. The molecule has 5 heteroatoms. The molecule has 1 heterocycles. The normalized spacial score (nSPS) is 17.7. The monoisotopic (exact) mass is 340 g/mol. The fraction of sp³-hybridized carbons (Fsp3) is 0.450. The van der Waals surface area contributed by atoms with E-state index < -0.39 is 12.0 Å². The van der Waals surface area contributed by atoms with Crippen LogP contribution in [0.15, 0.2) is 42.5 Å². The van der Waals surface area contributed by atoms with Crippen LogP contribution in [0.5, 0.6) is 0 Å². The number of amides is 2. The van der Waals surface area contributed by atoms with Crippen molar-refractivity contribution in [2.24, 2.45) is 5.92 Å². The number of nitrogens with zero attached hydrogens (tertiary/aromatic N) is 2.